The monoisotopic (exact) mass is 315 g/mol. The van der Waals surface area contributed by atoms with Gasteiger partial charge in [-0.05, 0) is 37.8 Å². The van der Waals surface area contributed by atoms with Crippen LogP contribution in [-0.2, 0) is 4.74 Å². The summed E-state index contributed by atoms with van der Waals surface area (Å²) < 4.78 is 11.7. The molecule has 1 aliphatic heterocycles. The van der Waals surface area contributed by atoms with Gasteiger partial charge in [-0.25, -0.2) is 0 Å². The largest absolute Gasteiger partial charge is 0.489 e. The predicted molar refractivity (Wildman–Crippen MR) is 80.9 cm³/mol. The second kappa shape index (κ2) is 6.52. The summed E-state index contributed by atoms with van der Waals surface area (Å²) in [6.07, 6.45) is 5.22. The Labute approximate surface area is 129 Å². The van der Waals surface area contributed by atoms with Crippen LogP contribution in [0.4, 0.5) is 0 Å². The molecule has 0 aromatic heterocycles. The van der Waals surface area contributed by atoms with Gasteiger partial charge in [-0.1, -0.05) is 23.2 Å². The maximum Gasteiger partial charge on any atom is 0.139 e. The molecule has 0 amide bonds. The van der Waals surface area contributed by atoms with E-state index in [1.165, 1.54) is 12.8 Å². The van der Waals surface area contributed by atoms with Gasteiger partial charge in [-0.3, -0.25) is 0 Å². The molecule has 1 saturated carbocycles. The molecule has 2 aliphatic rings. The van der Waals surface area contributed by atoms with Crippen molar-refractivity contribution in [2.24, 2.45) is 0 Å². The summed E-state index contributed by atoms with van der Waals surface area (Å²) in [5.41, 5.74) is 0. The molecule has 3 nitrogen and oxygen atoms in total. The Hall–Kier alpha value is -0.480. The molecule has 3 rings (SSSR count). The molecule has 0 radical (unpaired) electrons. The Bertz CT molecular complexity index is 465. The van der Waals surface area contributed by atoms with Crippen LogP contribution in [-0.4, -0.2) is 31.4 Å². The van der Waals surface area contributed by atoms with Crippen molar-refractivity contribution in [3.05, 3.63) is 28.2 Å². The highest BCUT2D eigenvalue weighted by Gasteiger charge is 2.28. The normalized spacial score (nSPS) is 25.9. The van der Waals surface area contributed by atoms with E-state index in [1.54, 1.807) is 18.2 Å². The van der Waals surface area contributed by atoms with Gasteiger partial charge in [-0.15, -0.1) is 0 Å². The van der Waals surface area contributed by atoms with E-state index in [1.807, 2.05) is 0 Å². The molecule has 5 heteroatoms. The Morgan fingerprint density at radius 3 is 2.75 bits per heavy atom. The van der Waals surface area contributed by atoms with Crippen molar-refractivity contribution in [2.45, 2.75) is 43.9 Å². The van der Waals surface area contributed by atoms with Crippen LogP contribution in [0.15, 0.2) is 18.2 Å². The average molecular weight is 316 g/mol. The van der Waals surface area contributed by atoms with Crippen molar-refractivity contribution < 1.29 is 9.47 Å². The van der Waals surface area contributed by atoms with Gasteiger partial charge in [0.05, 0.1) is 17.2 Å². The van der Waals surface area contributed by atoms with E-state index < -0.39 is 0 Å². The summed E-state index contributed by atoms with van der Waals surface area (Å²) in [4.78, 5) is 0. The third kappa shape index (κ3) is 4.01. The molecule has 0 spiro atoms. The number of benzene rings is 1. The Balaban J connectivity index is 1.43. The number of nitrogens with one attached hydrogen (secondary N) is 1. The molecule has 1 N–H and O–H groups in total. The van der Waals surface area contributed by atoms with Crippen LogP contribution in [0.25, 0.3) is 0 Å². The average Bonchev–Trinajstić information content (AvgIpc) is 3.16. The lowest BCUT2D eigenvalue weighted by atomic mass is 10.2. The number of hydrogen-bond acceptors (Lipinski definition) is 3. The van der Waals surface area contributed by atoms with E-state index in [2.05, 4.69) is 5.32 Å². The topological polar surface area (TPSA) is 30.5 Å². The molecule has 1 saturated heterocycles. The second-order valence-corrected chi connectivity index (χ2v) is 6.37. The van der Waals surface area contributed by atoms with E-state index in [4.69, 9.17) is 32.7 Å². The van der Waals surface area contributed by atoms with Gasteiger partial charge < -0.3 is 14.8 Å². The number of ether oxygens (including phenoxy) is 2. The maximum absolute atomic E-state index is 6.07. The molecule has 1 heterocycles. The molecule has 1 aromatic rings. The highest BCUT2D eigenvalue weighted by Crippen LogP contribution is 2.29. The molecule has 0 bridgehead atoms. The molecule has 110 valence electrons. The van der Waals surface area contributed by atoms with Crippen molar-refractivity contribution in [1.29, 1.82) is 0 Å². The minimum atomic E-state index is 0.149. The van der Waals surface area contributed by atoms with Crippen molar-refractivity contribution in [2.75, 3.05) is 13.2 Å². The molecule has 2 atom stereocenters. The number of halogens is 2. The third-order valence-electron chi connectivity index (χ3n) is 3.73. The molecular formula is C15H19Cl2NO2. The minimum Gasteiger partial charge on any atom is -0.489 e. The van der Waals surface area contributed by atoms with Crippen LogP contribution >= 0.6 is 23.2 Å². The van der Waals surface area contributed by atoms with Crippen LogP contribution in [0, 0.1) is 0 Å². The fraction of sp³-hybridized carbons (Fsp3) is 0.600. The summed E-state index contributed by atoms with van der Waals surface area (Å²) in [7, 11) is 0. The molecule has 2 unspecified atom stereocenters. The van der Waals surface area contributed by atoms with Gasteiger partial charge in [0.2, 0.25) is 0 Å². The summed E-state index contributed by atoms with van der Waals surface area (Å²) in [5.74, 6) is 0.627. The Kier molecular flexibility index (Phi) is 4.72. The zero-order valence-electron chi connectivity index (χ0n) is 11.3. The van der Waals surface area contributed by atoms with Crippen LogP contribution in [0.2, 0.25) is 10.0 Å². The summed E-state index contributed by atoms with van der Waals surface area (Å²) in [5, 5.41) is 4.72. The van der Waals surface area contributed by atoms with Gasteiger partial charge in [0.15, 0.2) is 0 Å². The van der Waals surface area contributed by atoms with E-state index in [0.717, 1.165) is 25.4 Å². The zero-order chi connectivity index (χ0) is 13.9. The predicted octanol–water partition coefficient (Wildman–Crippen LogP) is 3.67. The molecule has 1 aromatic carbocycles. The van der Waals surface area contributed by atoms with Crippen molar-refractivity contribution in [3.63, 3.8) is 0 Å². The quantitative estimate of drug-likeness (QED) is 0.868. The lowest BCUT2D eigenvalue weighted by Gasteiger charge is -2.15. The van der Waals surface area contributed by atoms with Gasteiger partial charge in [0.25, 0.3) is 0 Å². The molecule has 20 heavy (non-hydrogen) atoms. The van der Waals surface area contributed by atoms with Crippen molar-refractivity contribution in [1.82, 2.24) is 5.32 Å². The lowest BCUT2D eigenvalue weighted by molar-refractivity contribution is 0.0184. The van der Waals surface area contributed by atoms with Crippen LogP contribution in [0.1, 0.15) is 25.7 Å². The standard InChI is InChI=1S/C15H19Cl2NO2/c16-10-1-6-14(17)15(7-10)19-9-13-5-4-12(20-13)8-18-11-2-3-11/h1,6-7,11-13,18H,2-5,8-9H2. The van der Waals surface area contributed by atoms with Gasteiger partial charge >= 0.3 is 0 Å². The number of rotatable bonds is 6. The van der Waals surface area contributed by atoms with Crippen LogP contribution < -0.4 is 10.1 Å². The highest BCUT2D eigenvalue weighted by atomic mass is 35.5. The fourth-order valence-corrected chi connectivity index (χ4v) is 2.74. The van der Waals surface area contributed by atoms with E-state index in [9.17, 15) is 0 Å². The van der Waals surface area contributed by atoms with Gasteiger partial charge in [0, 0.05) is 23.7 Å². The summed E-state index contributed by atoms with van der Waals surface area (Å²) in [6.45, 7) is 1.49. The molecular weight excluding hydrogens is 297 g/mol. The first-order valence-corrected chi connectivity index (χ1v) is 7.93. The third-order valence-corrected chi connectivity index (χ3v) is 4.27. The van der Waals surface area contributed by atoms with E-state index >= 15 is 0 Å². The smallest absolute Gasteiger partial charge is 0.139 e. The highest BCUT2D eigenvalue weighted by molar-refractivity contribution is 6.34. The lowest BCUT2D eigenvalue weighted by Crippen LogP contribution is -2.29. The molecule has 1 aliphatic carbocycles. The zero-order valence-corrected chi connectivity index (χ0v) is 12.8. The SMILES string of the molecule is Clc1ccc(Cl)c(OCC2CCC(CNC3CC3)O2)c1. The maximum atomic E-state index is 6.07. The molecule has 2 fully saturated rings. The fourth-order valence-electron chi connectivity index (χ4n) is 2.41. The van der Waals surface area contributed by atoms with Crippen LogP contribution in [0.3, 0.4) is 0 Å². The summed E-state index contributed by atoms with van der Waals surface area (Å²) >= 11 is 12.0. The summed E-state index contributed by atoms with van der Waals surface area (Å²) in [6, 6.07) is 5.98. The Morgan fingerprint density at radius 2 is 1.95 bits per heavy atom. The second-order valence-electron chi connectivity index (χ2n) is 5.53. The van der Waals surface area contributed by atoms with Gasteiger partial charge in [0.1, 0.15) is 12.4 Å². The first-order chi connectivity index (χ1) is 9.70. The van der Waals surface area contributed by atoms with Gasteiger partial charge in [-0.2, -0.15) is 0 Å². The van der Waals surface area contributed by atoms with Crippen LogP contribution in [0.5, 0.6) is 5.75 Å². The van der Waals surface area contributed by atoms with E-state index in [0.29, 0.717) is 28.5 Å². The van der Waals surface area contributed by atoms with Crippen molar-refractivity contribution >= 4 is 23.2 Å². The first kappa shape index (κ1) is 14.5. The number of hydrogen-bond donors (Lipinski definition) is 1. The Morgan fingerprint density at radius 1 is 1.15 bits per heavy atom. The van der Waals surface area contributed by atoms with E-state index in [-0.39, 0.29) is 6.10 Å². The van der Waals surface area contributed by atoms with Crippen molar-refractivity contribution in [3.8, 4) is 5.75 Å². The minimum absolute atomic E-state index is 0.149. The first-order valence-electron chi connectivity index (χ1n) is 7.17.